The van der Waals surface area contributed by atoms with Gasteiger partial charge in [0.05, 0.1) is 22.9 Å². The van der Waals surface area contributed by atoms with Crippen molar-refractivity contribution < 1.29 is 13.5 Å². The van der Waals surface area contributed by atoms with Crippen LogP contribution in [0.2, 0.25) is 0 Å². The minimum absolute atomic E-state index is 0.0264. The summed E-state index contributed by atoms with van der Waals surface area (Å²) in [5.74, 6) is -0.741. The first-order chi connectivity index (χ1) is 11.9. The van der Waals surface area contributed by atoms with E-state index in [2.05, 4.69) is 21.0 Å². The van der Waals surface area contributed by atoms with E-state index < -0.39 is 5.82 Å². The van der Waals surface area contributed by atoms with E-state index >= 15 is 0 Å². The van der Waals surface area contributed by atoms with Crippen molar-refractivity contribution in [3.05, 3.63) is 63.8 Å². The molecule has 7 heteroatoms. The van der Waals surface area contributed by atoms with E-state index in [1.54, 1.807) is 20.0 Å². The van der Waals surface area contributed by atoms with Crippen molar-refractivity contribution in [1.82, 2.24) is 9.78 Å². The van der Waals surface area contributed by atoms with Crippen LogP contribution in [-0.4, -0.2) is 9.78 Å². The third kappa shape index (κ3) is 3.26. The first-order valence-electron chi connectivity index (χ1n) is 7.27. The fourth-order valence-corrected chi connectivity index (χ4v) is 3.06. The van der Waals surface area contributed by atoms with Crippen molar-refractivity contribution in [2.24, 2.45) is 7.05 Å². The van der Waals surface area contributed by atoms with Gasteiger partial charge in [-0.15, -0.1) is 0 Å². The molecule has 3 rings (SSSR count). The van der Waals surface area contributed by atoms with Gasteiger partial charge in [0.1, 0.15) is 5.82 Å². The SMILES string of the molecule is Cc1nn(C)c(Oc2ccc(C#N)cc2F)c1-c1ccc(F)cc1Br. The van der Waals surface area contributed by atoms with E-state index in [1.807, 2.05) is 6.07 Å². The molecule has 0 saturated heterocycles. The molecule has 4 nitrogen and oxygen atoms in total. The highest BCUT2D eigenvalue weighted by molar-refractivity contribution is 9.10. The first-order valence-corrected chi connectivity index (χ1v) is 8.06. The minimum Gasteiger partial charge on any atom is -0.436 e. The van der Waals surface area contributed by atoms with Crippen molar-refractivity contribution in [2.45, 2.75) is 6.92 Å². The molecule has 3 aromatic rings. The van der Waals surface area contributed by atoms with Crippen LogP contribution in [0, 0.1) is 29.9 Å². The van der Waals surface area contributed by atoms with Crippen molar-refractivity contribution >= 4 is 15.9 Å². The molecule has 0 atom stereocenters. The van der Waals surface area contributed by atoms with Gasteiger partial charge in [-0.05, 0) is 37.3 Å². The van der Waals surface area contributed by atoms with Gasteiger partial charge in [0, 0.05) is 17.1 Å². The molecule has 0 spiro atoms. The van der Waals surface area contributed by atoms with Crippen LogP contribution in [0.1, 0.15) is 11.3 Å². The lowest BCUT2D eigenvalue weighted by Crippen LogP contribution is -1.98. The van der Waals surface area contributed by atoms with Crippen LogP contribution in [0.4, 0.5) is 8.78 Å². The largest absolute Gasteiger partial charge is 0.436 e. The highest BCUT2D eigenvalue weighted by Gasteiger charge is 2.21. The summed E-state index contributed by atoms with van der Waals surface area (Å²) >= 11 is 3.34. The van der Waals surface area contributed by atoms with Gasteiger partial charge in [-0.1, -0.05) is 22.0 Å². The number of aromatic nitrogens is 2. The standard InChI is InChI=1S/C18H12BrF2N3O/c1-10-17(13-5-4-12(20)8-14(13)19)18(24(2)23-10)25-16-6-3-11(9-22)7-15(16)21/h3-8H,1-2H3. The fraction of sp³-hybridized carbons (Fsp3) is 0.111. The molecule has 0 saturated carbocycles. The average molecular weight is 404 g/mol. The summed E-state index contributed by atoms with van der Waals surface area (Å²) in [7, 11) is 1.67. The normalized spacial score (nSPS) is 10.6. The predicted octanol–water partition coefficient (Wildman–Crippen LogP) is 5.10. The number of halogens is 3. The molecule has 2 aromatic carbocycles. The number of benzene rings is 2. The summed E-state index contributed by atoms with van der Waals surface area (Å²) in [6.07, 6.45) is 0. The average Bonchev–Trinajstić information content (AvgIpc) is 2.83. The molecule has 126 valence electrons. The highest BCUT2D eigenvalue weighted by Crippen LogP contribution is 2.40. The van der Waals surface area contributed by atoms with E-state index in [9.17, 15) is 8.78 Å². The molecular formula is C18H12BrF2N3O. The summed E-state index contributed by atoms with van der Waals surface area (Å²) in [6.45, 7) is 1.78. The lowest BCUT2D eigenvalue weighted by Gasteiger charge is -2.11. The molecule has 0 N–H and O–H groups in total. The lowest BCUT2D eigenvalue weighted by molar-refractivity contribution is 0.405. The number of nitriles is 1. The Hall–Kier alpha value is -2.72. The molecule has 0 bridgehead atoms. The molecular weight excluding hydrogens is 392 g/mol. The molecule has 25 heavy (non-hydrogen) atoms. The second-order valence-electron chi connectivity index (χ2n) is 5.37. The van der Waals surface area contributed by atoms with E-state index in [-0.39, 0.29) is 17.1 Å². The van der Waals surface area contributed by atoms with Gasteiger partial charge >= 0.3 is 0 Å². The molecule has 0 aliphatic rings. The predicted molar refractivity (Wildman–Crippen MR) is 92.2 cm³/mol. The number of hydrogen-bond acceptors (Lipinski definition) is 3. The van der Waals surface area contributed by atoms with Crippen LogP contribution in [0.5, 0.6) is 11.6 Å². The summed E-state index contributed by atoms with van der Waals surface area (Å²) in [6, 6.07) is 10.1. The zero-order valence-corrected chi connectivity index (χ0v) is 14.9. The smallest absolute Gasteiger partial charge is 0.225 e. The summed E-state index contributed by atoms with van der Waals surface area (Å²) in [4.78, 5) is 0. The Morgan fingerprint density at radius 1 is 1.20 bits per heavy atom. The van der Waals surface area contributed by atoms with Crippen LogP contribution >= 0.6 is 15.9 Å². The van der Waals surface area contributed by atoms with E-state index in [0.717, 1.165) is 6.07 Å². The number of aryl methyl sites for hydroxylation is 2. The molecule has 0 aliphatic heterocycles. The fourth-order valence-electron chi connectivity index (χ4n) is 2.51. The lowest BCUT2D eigenvalue weighted by atomic mass is 10.1. The minimum atomic E-state index is -0.651. The van der Waals surface area contributed by atoms with Crippen LogP contribution < -0.4 is 4.74 Å². The Morgan fingerprint density at radius 3 is 2.60 bits per heavy atom. The maximum atomic E-state index is 14.2. The third-order valence-corrected chi connectivity index (χ3v) is 4.29. The van der Waals surface area contributed by atoms with Crippen LogP contribution in [0.3, 0.4) is 0 Å². The molecule has 0 radical (unpaired) electrons. The Labute approximate surface area is 151 Å². The maximum Gasteiger partial charge on any atom is 0.225 e. The molecule has 1 heterocycles. The van der Waals surface area contributed by atoms with Crippen molar-refractivity contribution in [1.29, 1.82) is 5.26 Å². The van der Waals surface area contributed by atoms with E-state index in [1.165, 1.54) is 28.9 Å². The Kier molecular flexibility index (Phi) is 4.55. The third-order valence-electron chi connectivity index (χ3n) is 3.64. The topological polar surface area (TPSA) is 50.8 Å². The Balaban J connectivity index is 2.10. The number of rotatable bonds is 3. The monoisotopic (exact) mass is 403 g/mol. The molecule has 0 aliphatic carbocycles. The summed E-state index contributed by atoms with van der Waals surface area (Å²) in [5.41, 5.74) is 2.15. The van der Waals surface area contributed by atoms with Gasteiger partial charge in [-0.2, -0.15) is 10.4 Å². The summed E-state index contributed by atoms with van der Waals surface area (Å²) in [5, 5.41) is 13.1. The van der Waals surface area contributed by atoms with Gasteiger partial charge < -0.3 is 4.74 Å². The summed E-state index contributed by atoms with van der Waals surface area (Å²) < 4.78 is 35.3. The van der Waals surface area contributed by atoms with Crippen LogP contribution in [0.15, 0.2) is 40.9 Å². The second kappa shape index (κ2) is 6.65. The molecule has 0 fully saturated rings. The quantitative estimate of drug-likeness (QED) is 0.611. The van der Waals surface area contributed by atoms with Gasteiger partial charge in [-0.3, -0.25) is 0 Å². The van der Waals surface area contributed by atoms with Gasteiger partial charge in [-0.25, -0.2) is 13.5 Å². The van der Waals surface area contributed by atoms with Crippen LogP contribution in [0.25, 0.3) is 11.1 Å². The first kappa shape index (κ1) is 17.1. The molecule has 0 unspecified atom stereocenters. The zero-order valence-electron chi connectivity index (χ0n) is 13.3. The zero-order chi connectivity index (χ0) is 18.1. The van der Waals surface area contributed by atoms with Crippen molar-refractivity contribution in [2.75, 3.05) is 0 Å². The van der Waals surface area contributed by atoms with Crippen molar-refractivity contribution in [3.63, 3.8) is 0 Å². The van der Waals surface area contributed by atoms with E-state index in [0.29, 0.717) is 27.2 Å². The Morgan fingerprint density at radius 2 is 1.96 bits per heavy atom. The van der Waals surface area contributed by atoms with E-state index in [4.69, 9.17) is 10.00 Å². The van der Waals surface area contributed by atoms with Gasteiger partial charge in [0.15, 0.2) is 11.6 Å². The maximum absolute atomic E-state index is 14.2. The second-order valence-corrected chi connectivity index (χ2v) is 6.23. The number of nitrogens with zero attached hydrogens (tertiary/aromatic N) is 3. The van der Waals surface area contributed by atoms with Gasteiger partial charge in [0.2, 0.25) is 5.88 Å². The van der Waals surface area contributed by atoms with Crippen molar-refractivity contribution in [3.8, 4) is 28.8 Å². The van der Waals surface area contributed by atoms with Gasteiger partial charge in [0.25, 0.3) is 0 Å². The molecule has 0 amide bonds. The van der Waals surface area contributed by atoms with Crippen LogP contribution in [-0.2, 0) is 7.05 Å². The Bertz CT molecular complexity index is 1010. The molecule has 1 aromatic heterocycles. The number of ether oxygens (including phenoxy) is 1. The highest BCUT2D eigenvalue weighted by atomic mass is 79.9. The number of hydrogen-bond donors (Lipinski definition) is 0.